The van der Waals surface area contributed by atoms with Gasteiger partial charge in [0.1, 0.15) is 5.75 Å². The van der Waals surface area contributed by atoms with Crippen LogP contribution < -0.4 is 0 Å². The number of hydrogen-bond donors (Lipinski definition) is 1. The first-order valence-corrected chi connectivity index (χ1v) is 5.82. The molecule has 0 aliphatic carbocycles. The summed E-state index contributed by atoms with van der Waals surface area (Å²) in [5, 5.41) is 9.74. The molecule has 0 saturated heterocycles. The number of alkyl halides is 1. The fraction of sp³-hybridized carbons (Fsp3) is 0.462. The molecule has 1 aromatic rings. The number of Topliss-reactive ketones (excluding diaryl/α,β-unsaturated/α-hetero) is 1. The lowest BCUT2D eigenvalue weighted by atomic mass is 9.85. The summed E-state index contributed by atoms with van der Waals surface area (Å²) in [6.45, 7) is 5.99. The van der Waals surface area contributed by atoms with E-state index in [1.165, 1.54) is 0 Å². The van der Waals surface area contributed by atoms with E-state index in [-0.39, 0.29) is 16.9 Å². The predicted octanol–water partition coefficient (Wildman–Crippen LogP) is 3.50. The van der Waals surface area contributed by atoms with Gasteiger partial charge < -0.3 is 5.11 Å². The molecule has 2 nitrogen and oxygen atoms in total. The lowest BCUT2D eigenvalue weighted by molar-refractivity contribution is 0.0989. The molecule has 0 spiro atoms. The maximum absolute atomic E-state index is 11.7. The molecule has 0 atom stereocenters. The second-order valence-corrected chi connectivity index (χ2v) is 5.22. The second kappa shape index (κ2) is 4.88. The number of carbonyl (C=O) groups is 1. The van der Waals surface area contributed by atoms with Crippen molar-refractivity contribution in [3.05, 3.63) is 29.3 Å². The summed E-state index contributed by atoms with van der Waals surface area (Å²) < 4.78 is 0. The van der Waals surface area contributed by atoms with Gasteiger partial charge in [0.2, 0.25) is 0 Å². The van der Waals surface area contributed by atoms with E-state index in [2.05, 4.69) is 0 Å². The first-order chi connectivity index (χ1) is 7.36. The second-order valence-electron chi connectivity index (χ2n) is 4.84. The summed E-state index contributed by atoms with van der Waals surface area (Å²) >= 11 is 5.54. The Kier molecular flexibility index (Phi) is 3.98. The first kappa shape index (κ1) is 13.0. The summed E-state index contributed by atoms with van der Waals surface area (Å²) in [7, 11) is 0. The molecule has 0 bridgehead atoms. The minimum Gasteiger partial charge on any atom is -0.508 e. The molecular weight excluding hydrogens is 224 g/mol. The highest BCUT2D eigenvalue weighted by Gasteiger charge is 2.19. The van der Waals surface area contributed by atoms with Gasteiger partial charge in [-0.3, -0.25) is 4.79 Å². The number of carbonyl (C=O) groups excluding carboxylic acids is 1. The monoisotopic (exact) mass is 240 g/mol. The molecule has 0 aliphatic rings. The van der Waals surface area contributed by atoms with E-state index in [0.717, 1.165) is 5.56 Å². The molecule has 0 heterocycles. The van der Waals surface area contributed by atoms with Gasteiger partial charge in [-0.15, -0.1) is 11.6 Å². The fourth-order valence-electron chi connectivity index (χ4n) is 1.54. The topological polar surface area (TPSA) is 37.3 Å². The number of halogens is 1. The molecular formula is C13H17ClO2. The molecule has 0 fully saturated rings. The highest BCUT2D eigenvalue weighted by Crippen LogP contribution is 2.31. The average Bonchev–Trinajstić information content (AvgIpc) is 2.16. The molecule has 1 N–H and O–H groups in total. The van der Waals surface area contributed by atoms with E-state index < -0.39 is 0 Å². The normalized spacial score (nSPS) is 11.5. The van der Waals surface area contributed by atoms with Crippen LogP contribution in [-0.2, 0) is 5.41 Å². The Morgan fingerprint density at radius 3 is 2.50 bits per heavy atom. The van der Waals surface area contributed by atoms with Gasteiger partial charge in [0.15, 0.2) is 5.78 Å². The first-order valence-electron chi connectivity index (χ1n) is 5.29. The van der Waals surface area contributed by atoms with Crippen LogP contribution in [-0.4, -0.2) is 16.8 Å². The Morgan fingerprint density at radius 2 is 2.00 bits per heavy atom. The third-order valence-corrected chi connectivity index (χ3v) is 2.64. The zero-order valence-electron chi connectivity index (χ0n) is 9.88. The number of rotatable bonds is 3. The van der Waals surface area contributed by atoms with Gasteiger partial charge in [0.05, 0.1) is 0 Å². The lowest BCUT2D eigenvalue weighted by Gasteiger charge is -2.21. The minimum absolute atomic E-state index is 0.0144. The van der Waals surface area contributed by atoms with Crippen LogP contribution in [0.3, 0.4) is 0 Å². The van der Waals surface area contributed by atoms with E-state index in [4.69, 9.17) is 11.6 Å². The van der Waals surface area contributed by atoms with Crippen LogP contribution in [0.5, 0.6) is 5.75 Å². The largest absolute Gasteiger partial charge is 0.508 e. The smallest absolute Gasteiger partial charge is 0.164 e. The van der Waals surface area contributed by atoms with Crippen molar-refractivity contribution in [2.45, 2.75) is 32.6 Å². The number of aromatic hydroxyl groups is 1. The molecule has 88 valence electrons. The molecule has 0 aromatic heterocycles. The lowest BCUT2D eigenvalue weighted by Crippen LogP contribution is -2.13. The molecule has 1 aromatic carbocycles. The Balaban J connectivity index is 3.13. The van der Waals surface area contributed by atoms with Crippen LogP contribution in [0.1, 0.15) is 43.1 Å². The number of phenolic OH excluding ortho intramolecular Hbond substituents is 1. The summed E-state index contributed by atoms with van der Waals surface area (Å²) in [4.78, 5) is 11.7. The molecule has 3 heteroatoms. The van der Waals surface area contributed by atoms with E-state index in [1.54, 1.807) is 18.2 Å². The van der Waals surface area contributed by atoms with Crippen molar-refractivity contribution in [1.29, 1.82) is 0 Å². The van der Waals surface area contributed by atoms with Crippen LogP contribution in [0, 0.1) is 0 Å². The third kappa shape index (κ3) is 2.99. The van der Waals surface area contributed by atoms with Gasteiger partial charge in [0.25, 0.3) is 0 Å². The molecule has 1 rings (SSSR count). The molecule has 0 saturated carbocycles. The van der Waals surface area contributed by atoms with E-state index in [1.807, 2.05) is 20.8 Å². The van der Waals surface area contributed by atoms with Crippen LogP contribution in [0.4, 0.5) is 0 Å². The van der Waals surface area contributed by atoms with E-state index >= 15 is 0 Å². The Hall–Kier alpha value is -1.02. The van der Waals surface area contributed by atoms with Crippen LogP contribution in [0.2, 0.25) is 0 Å². The number of benzene rings is 1. The van der Waals surface area contributed by atoms with Gasteiger partial charge in [-0.25, -0.2) is 0 Å². The fourth-order valence-corrected chi connectivity index (χ4v) is 1.71. The average molecular weight is 241 g/mol. The van der Waals surface area contributed by atoms with Crippen molar-refractivity contribution >= 4 is 17.4 Å². The molecule has 0 amide bonds. The van der Waals surface area contributed by atoms with Crippen LogP contribution in [0.15, 0.2) is 18.2 Å². The van der Waals surface area contributed by atoms with Crippen molar-refractivity contribution in [3.63, 3.8) is 0 Å². The van der Waals surface area contributed by atoms with Crippen LogP contribution in [0.25, 0.3) is 0 Å². The van der Waals surface area contributed by atoms with Gasteiger partial charge in [-0.2, -0.15) is 0 Å². The molecule has 0 unspecified atom stereocenters. The van der Waals surface area contributed by atoms with Crippen molar-refractivity contribution < 1.29 is 9.90 Å². The minimum atomic E-state index is -0.179. The van der Waals surface area contributed by atoms with Crippen molar-refractivity contribution in [2.24, 2.45) is 0 Å². The molecule has 0 aliphatic heterocycles. The summed E-state index contributed by atoms with van der Waals surface area (Å²) in [5.74, 6) is 0.570. The Morgan fingerprint density at radius 1 is 1.38 bits per heavy atom. The highest BCUT2D eigenvalue weighted by atomic mass is 35.5. The number of hydrogen-bond acceptors (Lipinski definition) is 2. The molecule has 0 radical (unpaired) electrons. The van der Waals surface area contributed by atoms with Crippen molar-refractivity contribution in [1.82, 2.24) is 0 Å². The van der Waals surface area contributed by atoms with E-state index in [0.29, 0.717) is 17.9 Å². The van der Waals surface area contributed by atoms with Gasteiger partial charge in [0, 0.05) is 17.9 Å². The maximum atomic E-state index is 11.7. The Labute approximate surface area is 101 Å². The SMILES string of the molecule is CC(C)(C)c1cc(C(=O)CCCl)ccc1O. The number of phenols is 1. The zero-order valence-corrected chi connectivity index (χ0v) is 10.6. The third-order valence-electron chi connectivity index (χ3n) is 2.45. The van der Waals surface area contributed by atoms with E-state index in [9.17, 15) is 9.90 Å². The summed E-state index contributed by atoms with van der Waals surface area (Å²) in [6.07, 6.45) is 0.329. The summed E-state index contributed by atoms with van der Waals surface area (Å²) in [5.41, 5.74) is 1.22. The predicted molar refractivity (Wildman–Crippen MR) is 66.5 cm³/mol. The van der Waals surface area contributed by atoms with Crippen molar-refractivity contribution in [2.75, 3.05) is 5.88 Å². The Bertz CT molecular complexity index is 391. The van der Waals surface area contributed by atoms with Crippen molar-refractivity contribution in [3.8, 4) is 5.75 Å². The highest BCUT2D eigenvalue weighted by molar-refractivity contribution is 6.19. The van der Waals surface area contributed by atoms with Gasteiger partial charge >= 0.3 is 0 Å². The van der Waals surface area contributed by atoms with Crippen LogP contribution >= 0.6 is 11.6 Å². The van der Waals surface area contributed by atoms with Gasteiger partial charge in [-0.05, 0) is 29.2 Å². The standard InChI is InChI=1S/C13H17ClO2/c1-13(2,3)10-8-9(4-5-12(10)16)11(15)6-7-14/h4-5,8,16H,6-7H2,1-3H3. The zero-order chi connectivity index (χ0) is 12.3. The summed E-state index contributed by atoms with van der Waals surface area (Å²) in [6, 6.07) is 4.96. The molecule has 16 heavy (non-hydrogen) atoms. The van der Waals surface area contributed by atoms with Gasteiger partial charge in [-0.1, -0.05) is 20.8 Å². The number of ketones is 1. The quantitative estimate of drug-likeness (QED) is 0.649. The maximum Gasteiger partial charge on any atom is 0.164 e.